The van der Waals surface area contributed by atoms with Crippen LogP contribution in [0.5, 0.6) is 5.75 Å². The topological polar surface area (TPSA) is 52.6 Å². The molecule has 0 radical (unpaired) electrons. The predicted molar refractivity (Wildman–Crippen MR) is 126 cm³/mol. The van der Waals surface area contributed by atoms with Crippen molar-refractivity contribution in [3.63, 3.8) is 0 Å². The van der Waals surface area contributed by atoms with Gasteiger partial charge in [0.25, 0.3) is 0 Å². The molecule has 172 valence electrons. The van der Waals surface area contributed by atoms with E-state index < -0.39 is 0 Å². The van der Waals surface area contributed by atoms with E-state index in [2.05, 4.69) is 32.2 Å². The fourth-order valence-electron chi connectivity index (χ4n) is 4.22. The van der Waals surface area contributed by atoms with Crippen molar-refractivity contribution in [3.05, 3.63) is 53.8 Å². The highest BCUT2D eigenvalue weighted by atomic mass is 19.1. The molecule has 2 saturated heterocycles. The second kappa shape index (κ2) is 10.5. The van der Waals surface area contributed by atoms with E-state index in [0.29, 0.717) is 25.4 Å². The average Bonchev–Trinajstić information content (AvgIpc) is 2.85. The van der Waals surface area contributed by atoms with Crippen LogP contribution in [0.25, 0.3) is 0 Å². The molecule has 7 nitrogen and oxygen atoms in total. The fourth-order valence-corrected chi connectivity index (χ4v) is 4.22. The van der Waals surface area contributed by atoms with E-state index >= 15 is 0 Å². The zero-order chi connectivity index (χ0) is 22.3. The normalized spacial score (nSPS) is 17.5. The van der Waals surface area contributed by atoms with Crippen LogP contribution in [0.4, 0.5) is 15.8 Å². The fraction of sp³-hybridized carbons (Fsp3) is 0.458. The molecule has 0 aromatic heterocycles. The minimum atomic E-state index is -0.187. The van der Waals surface area contributed by atoms with Gasteiger partial charge in [0.05, 0.1) is 26.0 Å². The molecule has 2 fully saturated rings. The van der Waals surface area contributed by atoms with Gasteiger partial charge < -0.3 is 29.5 Å². The van der Waals surface area contributed by atoms with E-state index in [1.807, 2.05) is 29.2 Å². The van der Waals surface area contributed by atoms with Crippen molar-refractivity contribution in [2.24, 2.45) is 4.99 Å². The van der Waals surface area contributed by atoms with Crippen LogP contribution in [-0.2, 0) is 11.3 Å². The van der Waals surface area contributed by atoms with E-state index in [9.17, 15) is 4.39 Å². The number of nitrogens with one attached hydrogen (secondary N) is 1. The largest absolute Gasteiger partial charge is 0.497 e. The minimum Gasteiger partial charge on any atom is -0.497 e. The third-order valence-electron chi connectivity index (χ3n) is 6.02. The van der Waals surface area contributed by atoms with Crippen molar-refractivity contribution in [2.75, 3.05) is 76.4 Å². The highest BCUT2D eigenvalue weighted by Gasteiger charge is 2.20. The molecule has 0 saturated carbocycles. The van der Waals surface area contributed by atoms with Gasteiger partial charge in [0.2, 0.25) is 0 Å². The molecular formula is C24H32FN5O2. The molecule has 2 aromatic rings. The zero-order valence-electron chi connectivity index (χ0n) is 18.9. The number of guanidine groups is 1. The Bertz CT molecular complexity index is 924. The molecular weight excluding hydrogens is 409 g/mol. The lowest BCUT2D eigenvalue weighted by molar-refractivity contribution is 0.122. The number of ether oxygens (including phenoxy) is 2. The summed E-state index contributed by atoms with van der Waals surface area (Å²) in [6.45, 7) is 6.79. The number of methoxy groups -OCH3 is 1. The number of nitrogens with zero attached hydrogens (tertiary/aromatic N) is 4. The van der Waals surface area contributed by atoms with Gasteiger partial charge >= 0.3 is 0 Å². The van der Waals surface area contributed by atoms with Crippen molar-refractivity contribution in [1.29, 1.82) is 0 Å². The van der Waals surface area contributed by atoms with E-state index in [1.54, 1.807) is 20.2 Å². The lowest BCUT2D eigenvalue weighted by Crippen LogP contribution is -2.52. The standard InChI is InChI=1S/C24H32FN5O2/c1-26-24(30-10-8-28(9-11-30)20-4-3-5-21(17-20)31-2)27-18-19-6-7-23(22(25)16-19)29-12-14-32-15-13-29/h3-7,16-17H,8-15,18H2,1-2H3,(H,26,27). The lowest BCUT2D eigenvalue weighted by Gasteiger charge is -2.37. The summed E-state index contributed by atoms with van der Waals surface area (Å²) < 4.78 is 25.4. The Labute approximate surface area is 189 Å². The smallest absolute Gasteiger partial charge is 0.194 e. The highest BCUT2D eigenvalue weighted by molar-refractivity contribution is 5.80. The summed E-state index contributed by atoms with van der Waals surface area (Å²) >= 11 is 0. The summed E-state index contributed by atoms with van der Waals surface area (Å²) in [5.74, 6) is 1.52. The number of hydrogen-bond donors (Lipinski definition) is 1. The number of hydrogen-bond acceptors (Lipinski definition) is 5. The van der Waals surface area contributed by atoms with Gasteiger partial charge in [0, 0.05) is 64.6 Å². The second-order valence-electron chi connectivity index (χ2n) is 7.96. The molecule has 0 atom stereocenters. The maximum absolute atomic E-state index is 14.7. The molecule has 0 spiro atoms. The van der Waals surface area contributed by atoms with Crippen LogP contribution < -0.4 is 19.9 Å². The first-order chi connectivity index (χ1) is 15.7. The maximum atomic E-state index is 14.7. The number of piperazine rings is 1. The Morgan fingerprint density at radius 2 is 1.81 bits per heavy atom. The zero-order valence-corrected chi connectivity index (χ0v) is 18.9. The van der Waals surface area contributed by atoms with Crippen LogP contribution in [0.15, 0.2) is 47.5 Å². The molecule has 32 heavy (non-hydrogen) atoms. The van der Waals surface area contributed by atoms with Gasteiger partial charge in [-0.3, -0.25) is 4.99 Å². The molecule has 0 unspecified atom stereocenters. The van der Waals surface area contributed by atoms with E-state index in [0.717, 1.165) is 56.5 Å². The predicted octanol–water partition coefficient (Wildman–Crippen LogP) is 2.57. The van der Waals surface area contributed by atoms with Gasteiger partial charge in [0.1, 0.15) is 11.6 Å². The van der Waals surface area contributed by atoms with Crippen molar-refractivity contribution >= 4 is 17.3 Å². The second-order valence-corrected chi connectivity index (χ2v) is 7.96. The number of rotatable bonds is 5. The number of aliphatic imine (C=N–C) groups is 1. The van der Waals surface area contributed by atoms with Gasteiger partial charge in [0.15, 0.2) is 5.96 Å². The van der Waals surface area contributed by atoms with Crippen LogP contribution in [0, 0.1) is 5.82 Å². The highest BCUT2D eigenvalue weighted by Crippen LogP contribution is 2.23. The van der Waals surface area contributed by atoms with E-state index in [4.69, 9.17) is 9.47 Å². The van der Waals surface area contributed by atoms with Crippen molar-refractivity contribution in [3.8, 4) is 5.75 Å². The minimum absolute atomic E-state index is 0.187. The van der Waals surface area contributed by atoms with Crippen LogP contribution in [0.3, 0.4) is 0 Å². The van der Waals surface area contributed by atoms with E-state index in [-0.39, 0.29) is 5.82 Å². The molecule has 0 aliphatic carbocycles. The summed E-state index contributed by atoms with van der Waals surface area (Å²) in [7, 11) is 3.48. The molecule has 4 rings (SSSR count). The van der Waals surface area contributed by atoms with Gasteiger partial charge in [-0.25, -0.2) is 4.39 Å². The maximum Gasteiger partial charge on any atom is 0.194 e. The first kappa shape index (κ1) is 22.2. The number of halogens is 1. The molecule has 0 amide bonds. The first-order valence-corrected chi connectivity index (χ1v) is 11.1. The Hall–Kier alpha value is -3.00. The van der Waals surface area contributed by atoms with Crippen molar-refractivity contribution < 1.29 is 13.9 Å². The molecule has 0 bridgehead atoms. The van der Waals surface area contributed by atoms with Gasteiger partial charge in [-0.05, 0) is 29.8 Å². The Morgan fingerprint density at radius 3 is 2.50 bits per heavy atom. The van der Waals surface area contributed by atoms with Gasteiger partial charge in [-0.15, -0.1) is 0 Å². The Kier molecular flexibility index (Phi) is 7.32. The van der Waals surface area contributed by atoms with Crippen molar-refractivity contribution in [2.45, 2.75) is 6.54 Å². The SMILES string of the molecule is CN=C(NCc1ccc(N2CCOCC2)c(F)c1)N1CCN(c2cccc(OC)c2)CC1. The summed E-state index contributed by atoms with van der Waals surface area (Å²) in [4.78, 5) is 11.1. The summed E-state index contributed by atoms with van der Waals surface area (Å²) in [5.41, 5.74) is 2.72. The third-order valence-corrected chi connectivity index (χ3v) is 6.02. The third kappa shape index (κ3) is 5.24. The molecule has 2 heterocycles. The molecule has 2 aliphatic heterocycles. The first-order valence-electron chi connectivity index (χ1n) is 11.1. The quantitative estimate of drug-likeness (QED) is 0.569. The molecule has 2 aliphatic rings. The molecule has 2 aromatic carbocycles. The summed E-state index contributed by atoms with van der Waals surface area (Å²) in [5, 5.41) is 3.39. The monoisotopic (exact) mass is 441 g/mol. The Balaban J connectivity index is 1.31. The van der Waals surface area contributed by atoms with Crippen molar-refractivity contribution in [1.82, 2.24) is 10.2 Å². The van der Waals surface area contributed by atoms with Crippen LogP contribution in [-0.4, -0.2) is 77.5 Å². The van der Waals surface area contributed by atoms with Crippen LogP contribution in [0.1, 0.15) is 5.56 Å². The van der Waals surface area contributed by atoms with Gasteiger partial charge in [-0.1, -0.05) is 12.1 Å². The number of morpholine rings is 1. The average molecular weight is 442 g/mol. The van der Waals surface area contributed by atoms with Gasteiger partial charge in [-0.2, -0.15) is 0 Å². The summed E-state index contributed by atoms with van der Waals surface area (Å²) in [6.07, 6.45) is 0. The summed E-state index contributed by atoms with van der Waals surface area (Å²) in [6, 6.07) is 13.6. The lowest BCUT2D eigenvalue weighted by atomic mass is 10.1. The number of benzene rings is 2. The van der Waals surface area contributed by atoms with E-state index in [1.165, 1.54) is 5.69 Å². The Morgan fingerprint density at radius 1 is 1.03 bits per heavy atom. The molecule has 1 N–H and O–H groups in total. The van der Waals surface area contributed by atoms with Crippen LogP contribution in [0.2, 0.25) is 0 Å². The van der Waals surface area contributed by atoms with Crippen LogP contribution >= 0.6 is 0 Å². The molecule has 8 heteroatoms. The number of anilines is 2.